The van der Waals surface area contributed by atoms with Crippen molar-refractivity contribution in [1.29, 1.82) is 0 Å². The van der Waals surface area contributed by atoms with Crippen molar-refractivity contribution in [3.05, 3.63) is 0 Å². The standard InChI is InChI=1S/C11H18N2O2/c1-7(2)6-11-5-4-10(3,12-8(11)14)13-9(11)15/h7H,4-6H2,1-3H3,(H,12,14)(H,13,15). The lowest BCUT2D eigenvalue weighted by molar-refractivity contribution is -0.160. The predicted molar refractivity (Wildman–Crippen MR) is 55.8 cm³/mol. The molecule has 0 aromatic heterocycles. The highest BCUT2D eigenvalue weighted by molar-refractivity contribution is 6.08. The molecule has 0 radical (unpaired) electrons. The monoisotopic (exact) mass is 210 g/mol. The second kappa shape index (κ2) is 2.97. The molecule has 3 aliphatic heterocycles. The predicted octanol–water partition coefficient (Wildman–Crippen LogP) is 0.775. The molecule has 0 aromatic carbocycles. The second-order valence-electron chi connectivity index (χ2n) is 5.42. The van der Waals surface area contributed by atoms with E-state index in [4.69, 9.17) is 0 Å². The molecule has 0 saturated carbocycles. The third-order valence-electron chi connectivity index (χ3n) is 3.46. The molecule has 3 aliphatic rings. The molecule has 84 valence electrons. The van der Waals surface area contributed by atoms with Crippen LogP contribution in [0.1, 0.15) is 40.0 Å². The summed E-state index contributed by atoms with van der Waals surface area (Å²) < 4.78 is 0. The SMILES string of the molecule is CC(C)CC12CCC(C)(NC1=O)NC2=O. The maximum absolute atomic E-state index is 12.0. The minimum absolute atomic E-state index is 0.0892. The number of fused-ring (bicyclic) bond motifs is 3. The molecule has 15 heavy (non-hydrogen) atoms. The lowest BCUT2D eigenvalue weighted by atomic mass is 9.67. The van der Waals surface area contributed by atoms with Gasteiger partial charge in [-0.2, -0.15) is 0 Å². The molecular weight excluding hydrogens is 192 g/mol. The lowest BCUT2D eigenvalue weighted by Gasteiger charge is -2.51. The maximum Gasteiger partial charge on any atom is 0.237 e. The Balaban J connectivity index is 2.31. The highest BCUT2D eigenvalue weighted by Gasteiger charge is 2.57. The molecule has 2 amide bonds. The maximum atomic E-state index is 12.0. The van der Waals surface area contributed by atoms with Crippen LogP contribution in [0.5, 0.6) is 0 Å². The van der Waals surface area contributed by atoms with Gasteiger partial charge in [-0.1, -0.05) is 13.8 Å². The van der Waals surface area contributed by atoms with Gasteiger partial charge in [0.15, 0.2) is 0 Å². The number of piperidine rings is 2. The van der Waals surface area contributed by atoms with E-state index >= 15 is 0 Å². The highest BCUT2D eigenvalue weighted by atomic mass is 16.2. The fourth-order valence-corrected chi connectivity index (χ4v) is 2.67. The number of amides is 2. The van der Waals surface area contributed by atoms with Crippen molar-refractivity contribution >= 4 is 11.8 Å². The van der Waals surface area contributed by atoms with Crippen LogP contribution in [-0.4, -0.2) is 17.5 Å². The molecule has 0 spiro atoms. The first-order chi connectivity index (χ1) is 6.88. The van der Waals surface area contributed by atoms with Crippen molar-refractivity contribution in [2.75, 3.05) is 0 Å². The summed E-state index contributed by atoms with van der Waals surface area (Å²) in [5.41, 5.74) is -1.31. The Morgan fingerprint density at radius 3 is 2.13 bits per heavy atom. The number of carbonyl (C=O) groups excluding carboxylic acids is 2. The van der Waals surface area contributed by atoms with E-state index in [1.165, 1.54) is 0 Å². The summed E-state index contributed by atoms with van der Waals surface area (Å²) in [6.45, 7) is 5.94. The number of carbonyl (C=O) groups is 2. The van der Waals surface area contributed by atoms with E-state index in [0.717, 1.165) is 6.42 Å². The van der Waals surface area contributed by atoms with Gasteiger partial charge in [0, 0.05) is 0 Å². The van der Waals surface area contributed by atoms with Crippen molar-refractivity contribution in [3.63, 3.8) is 0 Å². The van der Waals surface area contributed by atoms with Crippen LogP contribution in [0.2, 0.25) is 0 Å². The van der Waals surface area contributed by atoms with Crippen LogP contribution in [0, 0.1) is 11.3 Å². The Kier molecular flexibility index (Phi) is 2.07. The summed E-state index contributed by atoms with van der Waals surface area (Å²) in [5, 5.41) is 5.80. The second-order valence-corrected chi connectivity index (χ2v) is 5.42. The normalized spacial score (nSPS) is 39.2. The van der Waals surface area contributed by atoms with Crippen LogP contribution in [-0.2, 0) is 9.59 Å². The van der Waals surface area contributed by atoms with Gasteiger partial charge in [-0.15, -0.1) is 0 Å². The third-order valence-corrected chi connectivity index (χ3v) is 3.46. The van der Waals surface area contributed by atoms with Crippen LogP contribution in [0.3, 0.4) is 0 Å². The van der Waals surface area contributed by atoms with Crippen molar-refractivity contribution in [2.45, 2.75) is 45.7 Å². The fourth-order valence-electron chi connectivity index (χ4n) is 2.67. The van der Waals surface area contributed by atoms with Gasteiger partial charge in [-0.25, -0.2) is 0 Å². The molecule has 2 bridgehead atoms. The van der Waals surface area contributed by atoms with Crippen LogP contribution < -0.4 is 10.6 Å². The van der Waals surface area contributed by atoms with Crippen LogP contribution >= 0.6 is 0 Å². The quantitative estimate of drug-likeness (QED) is 0.661. The molecule has 3 saturated heterocycles. The zero-order valence-corrected chi connectivity index (χ0v) is 9.52. The summed E-state index contributed by atoms with van der Waals surface area (Å²) in [6, 6.07) is 0. The van der Waals surface area contributed by atoms with Gasteiger partial charge >= 0.3 is 0 Å². The van der Waals surface area contributed by atoms with Crippen molar-refractivity contribution in [3.8, 4) is 0 Å². The van der Waals surface area contributed by atoms with E-state index in [-0.39, 0.29) is 11.8 Å². The Morgan fingerprint density at radius 2 is 1.73 bits per heavy atom. The highest BCUT2D eigenvalue weighted by Crippen LogP contribution is 2.42. The summed E-state index contributed by atoms with van der Waals surface area (Å²) >= 11 is 0. The first-order valence-corrected chi connectivity index (χ1v) is 5.53. The van der Waals surface area contributed by atoms with E-state index in [9.17, 15) is 9.59 Å². The average Bonchev–Trinajstić information content (AvgIpc) is 2.07. The van der Waals surface area contributed by atoms with Gasteiger partial charge in [0.2, 0.25) is 11.8 Å². The molecule has 0 aromatic rings. The smallest absolute Gasteiger partial charge is 0.237 e. The Labute approximate surface area is 89.8 Å². The summed E-state index contributed by atoms with van der Waals surface area (Å²) in [6.07, 6.45) is 2.15. The number of nitrogens with one attached hydrogen (secondary N) is 2. The van der Waals surface area contributed by atoms with E-state index in [0.29, 0.717) is 18.8 Å². The van der Waals surface area contributed by atoms with Crippen molar-refractivity contribution < 1.29 is 9.59 Å². The number of rotatable bonds is 2. The van der Waals surface area contributed by atoms with Gasteiger partial charge in [0.25, 0.3) is 0 Å². The molecular formula is C11H18N2O2. The average molecular weight is 210 g/mol. The van der Waals surface area contributed by atoms with Crippen molar-refractivity contribution in [1.82, 2.24) is 10.6 Å². The van der Waals surface area contributed by atoms with E-state index < -0.39 is 11.1 Å². The summed E-state index contributed by atoms with van der Waals surface area (Å²) in [5.74, 6) is 0.173. The molecule has 0 unspecified atom stereocenters. The first kappa shape index (κ1) is 10.5. The molecule has 3 rings (SSSR count). The molecule has 0 atom stereocenters. The molecule has 3 heterocycles. The minimum atomic E-state index is -0.800. The fraction of sp³-hybridized carbons (Fsp3) is 0.818. The summed E-state index contributed by atoms with van der Waals surface area (Å²) in [4.78, 5) is 23.9. The van der Waals surface area contributed by atoms with E-state index in [1.54, 1.807) is 0 Å². The van der Waals surface area contributed by atoms with Gasteiger partial charge in [0.1, 0.15) is 11.1 Å². The third kappa shape index (κ3) is 1.43. The zero-order chi connectivity index (χ0) is 11.3. The Hall–Kier alpha value is -1.06. The van der Waals surface area contributed by atoms with Gasteiger partial charge in [0.05, 0.1) is 0 Å². The first-order valence-electron chi connectivity index (χ1n) is 5.53. The molecule has 4 nitrogen and oxygen atoms in total. The van der Waals surface area contributed by atoms with E-state index in [1.807, 2.05) is 20.8 Å². The van der Waals surface area contributed by atoms with Gasteiger partial charge in [-0.05, 0) is 32.1 Å². The van der Waals surface area contributed by atoms with E-state index in [2.05, 4.69) is 10.6 Å². The van der Waals surface area contributed by atoms with Gasteiger partial charge < -0.3 is 10.6 Å². The Bertz CT molecular complexity index is 305. The van der Waals surface area contributed by atoms with Crippen LogP contribution in [0.15, 0.2) is 0 Å². The number of hydrogen-bond acceptors (Lipinski definition) is 2. The lowest BCUT2D eigenvalue weighted by Crippen LogP contribution is -2.75. The number of hydrogen-bond donors (Lipinski definition) is 2. The van der Waals surface area contributed by atoms with Gasteiger partial charge in [-0.3, -0.25) is 9.59 Å². The van der Waals surface area contributed by atoms with Crippen LogP contribution in [0.4, 0.5) is 0 Å². The summed E-state index contributed by atoms with van der Waals surface area (Å²) in [7, 11) is 0. The van der Waals surface area contributed by atoms with Crippen molar-refractivity contribution in [2.24, 2.45) is 11.3 Å². The van der Waals surface area contributed by atoms with Crippen LogP contribution in [0.25, 0.3) is 0 Å². The zero-order valence-electron chi connectivity index (χ0n) is 9.52. The molecule has 4 heteroatoms. The molecule has 2 N–H and O–H groups in total. The Morgan fingerprint density at radius 1 is 1.20 bits per heavy atom. The molecule has 3 fully saturated rings. The molecule has 0 aliphatic carbocycles. The topological polar surface area (TPSA) is 58.2 Å². The minimum Gasteiger partial charge on any atom is -0.333 e. The largest absolute Gasteiger partial charge is 0.333 e.